The van der Waals surface area contributed by atoms with Gasteiger partial charge in [-0.15, -0.1) is 0 Å². The lowest BCUT2D eigenvalue weighted by Gasteiger charge is -2.25. The molecule has 1 aromatic rings. The van der Waals surface area contributed by atoms with Gasteiger partial charge in [0, 0.05) is 25.3 Å². The fraction of sp³-hybridized carbons (Fsp3) is 0.769. The van der Waals surface area contributed by atoms with Gasteiger partial charge < -0.3 is 0 Å². The highest BCUT2D eigenvalue weighted by Gasteiger charge is 2.28. The van der Waals surface area contributed by atoms with Crippen molar-refractivity contribution in [3.63, 3.8) is 0 Å². The number of hydrogen-bond acceptors (Lipinski definition) is 3. The second-order valence-corrected chi connectivity index (χ2v) is 5.84. The average Bonchev–Trinajstić information content (AvgIpc) is 2.92. The van der Waals surface area contributed by atoms with Crippen LogP contribution in [0.15, 0.2) is 12.4 Å². The van der Waals surface area contributed by atoms with E-state index in [2.05, 4.69) is 14.9 Å². The molecule has 5 heteroatoms. The number of hydrogen-bond donors (Lipinski definition) is 0. The lowest BCUT2D eigenvalue weighted by atomic mass is 10.2. The highest BCUT2D eigenvalue weighted by atomic mass is 35.5. The van der Waals surface area contributed by atoms with Crippen LogP contribution < -0.4 is 0 Å². The van der Waals surface area contributed by atoms with E-state index in [0.717, 1.165) is 24.2 Å². The number of nitrogens with zero attached hydrogens (tertiary/aromatic N) is 4. The number of halogens is 1. The van der Waals surface area contributed by atoms with Crippen LogP contribution in [0.4, 0.5) is 0 Å². The van der Waals surface area contributed by atoms with E-state index < -0.39 is 0 Å². The van der Waals surface area contributed by atoms with Gasteiger partial charge in [0.25, 0.3) is 0 Å². The van der Waals surface area contributed by atoms with Gasteiger partial charge in [-0.2, -0.15) is 5.10 Å². The maximum absolute atomic E-state index is 5.88. The highest BCUT2D eigenvalue weighted by Crippen LogP contribution is 2.21. The van der Waals surface area contributed by atoms with Crippen LogP contribution in [0.2, 0.25) is 5.02 Å². The SMILES string of the molecule is Clc1cnn(CCN2CCCN3CCC[C@H]3C2)c1. The van der Waals surface area contributed by atoms with Crippen LogP contribution in [0.25, 0.3) is 0 Å². The fourth-order valence-corrected chi connectivity index (χ4v) is 3.35. The van der Waals surface area contributed by atoms with Crippen molar-refractivity contribution in [2.45, 2.75) is 31.8 Å². The van der Waals surface area contributed by atoms with E-state index in [0.29, 0.717) is 0 Å². The molecular weight excluding hydrogens is 248 g/mol. The van der Waals surface area contributed by atoms with Crippen molar-refractivity contribution < 1.29 is 0 Å². The maximum atomic E-state index is 5.88. The van der Waals surface area contributed by atoms with E-state index in [4.69, 9.17) is 11.6 Å². The average molecular weight is 269 g/mol. The molecule has 4 nitrogen and oxygen atoms in total. The molecule has 2 saturated heterocycles. The maximum Gasteiger partial charge on any atom is 0.0785 e. The Balaban J connectivity index is 1.52. The van der Waals surface area contributed by atoms with Crippen LogP contribution in [0.5, 0.6) is 0 Å². The molecule has 2 aliphatic rings. The summed E-state index contributed by atoms with van der Waals surface area (Å²) >= 11 is 5.88. The Morgan fingerprint density at radius 2 is 2.11 bits per heavy atom. The van der Waals surface area contributed by atoms with Gasteiger partial charge in [-0.1, -0.05) is 11.6 Å². The first-order valence-corrected chi connectivity index (χ1v) is 7.33. The van der Waals surface area contributed by atoms with Crippen LogP contribution in [0, 0.1) is 0 Å². The molecule has 0 spiro atoms. The van der Waals surface area contributed by atoms with E-state index >= 15 is 0 Å². The Labute approximate surface area is 113 Å². The quantitative estimate of drug-likeness (QED) is 0.834. The third kappa shape index (κ3) is 2.87. The Kier molecular flexibility index (Phi) is 3.87. The zero-order valence-corrected chi connectivity index (χ0v) is 11.5. The fourth-order valence-electron chi connectivity index (χ4n) is 3.19. The zero-order chi connectivity index (χ0) is 12.4. The normalized spacial score (nSPS) is 26.2. The predicted octanol–water partition coefficient (Wildman–Crippen LogP) is 1.71. The smallest absolute Gasteiger partial charge is 0.0785 e. The molecule has 0 aromatic carbocycles. The highest BCUT2D eigenvalue weighted by molar-refractivity contribution is 6.30. The van der Waals surface area contributed by atoms with Gasteiger partial charge in [0.2, 0.25) is 0 Å². The first-order valence-electron chi connectivity index (χ1n) is 6.95. The largest absolute Gasteiger partial charge is 0.300 e. The molecule has 0 bridgehead atoms. The molecule has 0 radical (unpaired) electrons. The summed E-state index contributed by atoms with van der Waals surface area (Å²) in [5.74, 6) is 0. The molecule has 0 aliphatic carbocycles. The van der Waals surface area contributed by atoms with Crippen molar-refractivity contribution >= 4 is 11.6 Å². The Hall–Kier alpha value is -0.580. The van der Waals surface area contributed by atoms with E-state index in [-0.39, 0.29) is 0 Å². The molecule has 0 unspecified atom stereocenters. The summed E-state index contributed by atoms with van der Waals surface area (Å²) in [5, 5.41) is 4.97. The molecular formula is C13H21ClN4. The first-order chi connectivity index (χ1) is 8.81. The van der Waals surface area contributed by atoms with Gasteiger partial charge >= 0.3 is 0 Å². The number of rotatable bonds is 3. The summed E-state index contributed by atoms with van der Waals surface area (Å²) in [6.45, 7) is 7.08. The van der Waals surface area contributed by atoms with Crippen LogP contribution in [0.3, 0.4) is 0 Å². The van der Waals surface area contributed by atoms with E-state index in [1.807, 2.05) is 10.9 Å². The predicted molar refractivity (Wildman–Crippen MR) is 72.9 cm³/mol. The van der Waals surface area contributed by atoms with E-state index in [9.17, 15) is 0 Å². The minimum Gasteiger partial charge on any atom is -0.300 e. The van der Waals surface area contributed by atoms with Crippen LogP contribution in [-0.4, -0.2) is 58.3 Å². The summed E-state index contributed by atoms with van der Waals surface area (Å²) in [6, 6.07) is 0.800. The Bertz CT molecular complexity index is 392. The van der Waals surface area contributed by atoms with Gasteiger partial charge in [-0.25, -0.2) is 0 Å². The van der Waals surface area contributed by atoms with Crippen molar-refractivity contribution in [3.05, 3.63) is 17.4 Å². The lowest BCUT2D eigenvalue weighted by molar-refractivity contribution is 0.214. The summed E-state index contributed by atoms with van der Waals surface area (Å²) < 4.78 is 1.94. The van der Waals surface area contributed by atoms with Crippen molar-refractivity contribution in [1.82, 2.24) is 19.6 Å². The van der Waals surface area contributed by atoms with E-state index in [1.165, 1.54) is 45.4 Å². The summed E-state index contributed by atoms with van der Waals surface area (Å²) in [7, 11) is 0. The molecule has 100 valence electrons. The third-order valence-electron chi connectivity index (χ3n) is 4.13. The molecule has 3 rings (SSSR count). The molecule has 2 fully saturated rings. The van der Waals surface area contributed by atoms with Crippen LogP contribution in [0.1, 0.15) is 19.3 Å². The molecule has 0 N–H and O–H groups in total. The van der Waals surface area contributed by atoms with Crippen molar-refractivity contribution in [2.75, 3.05) is 32.7 Å². The second kappa shape index (κ2) is 5.59. The lowest BCUT2D eigenvalue weighted by Crippen LogP contribution is -2.37. The monoisotopic (exact) mass is 268 g/mol. The number of fused-ring (bicyclic) bond motifs is 1. The summed E-state index contributed by atoms with van der Waals surface area (Å²) in [6.07, 6.45) is 7.68. The van der Waals surface area contributed by atoms with Crippen LogP contribution >= 0.6 is 11.6 Å². The van der Waals surface area contributed by atoms with Gasteiger partial charge in [0.05, 0.1) is 17.8 Å². The first kappa shape index (κ1) is 12.5. The number of aromatic nitrogens is 2. The van der Waals surface area contributed by atoms with Crippen molar-refractivity contribution in [2.24, 2.45) is 0 Å². The molecule has 0 saturated carbocycles. The molecule has 1 atom stereocenters. The Morgan fingerprint density at radius 3 is 2.94 bits per heavy atom. The van der Waals surface area contributed by atoms with Crippen LogP contribution in [-0.2, 0) is 6.54 Å². The molecule has 18 heavy (non-hydrogen) atoms. The van der Waals surface area contributed by atoms with Gasteiger partial charge in [-0.05, 0) is 38.9 Å². The molecule has 1 aromatic heterocycles. The molecule has 3 heterocycles. The Morgan fingerprint density at radius 1 is 1.22 bits per heavy atom. The minimum absolute atomic E-state index is 0.729. The molecule has 2 aliphatic heterocycles. The second-order valence-electron chi connectivity index (χ2n) is 5.41. The van der Waals surface area contributed by atoms with Gasteiger partial charge in [0.1, 0.15) is 0 Å². The van der Waals surface area contributed by atoms with E-state index in [1.54, 1.807) is 6.20 Å². The summed E-state index contributed by atoms with van der Waals surface area (Å²) in [5.41, 5.74) is 0. The van der Waals surface area contributed by atoms with Gasteiger partial charge in [0.15, 0.2) is 0 Å². The van der Waals surface area contributed by atoms with Crippen molar-refractivity contribution in [3.8, 4) is 0 Å². The zero-order valence-electron chi connectivity index (χ0n) is 10.8. The standard InChI is InChI=1S/C13H21ClN4/c14-12-9-15-18(10-12)8-7-16-4-2-6-17-5-1-3-13(17)11-16/h9-10,13H,1-8,11H2/t13-/m0/s1. The topological polar surface area (TPSA) is 24.3 Å². The minimum atomic E-state index is 0.729. The van der Waals surface area contributed by atoms with Gasteiger partial charge in [-0.3, -0.25) is 14.5 Å². The van der Waals surface area contributed by atoms with Crippen molar-refractivity contribution in [1.29, 1.82) is 0 Å². The third-order valence-corrected chi connectivity index (χ3v) is 4.33. The summed E-state index contributed by atoms with van der Waals surface area (Å²) in [4.78, 5) is 5.26. The molecule has 0 amide bonds.